The Kier molecular flexibility index (Phi) is 6.14. The van der Waals surface area contributed by atoms with Gasteiger partial charge in [-0.25, -0.2) is 10.3 Å². The van der Waals surface area contributed by atoms with Crippen molar-refractivity contribution in [3.63, 3.8) is 0 Å². The molecule has 172 valence electrons. The van der Waals surface area contributed by atoms with Crippen LogP contribution in [0.1, 0.15) is 36.7 Å². The fourth-order valence-corrected chi connectivity index (χ4v) is 5.13. The van der Waals surface area contributed by atoms with Crippen LogP contribution in [0.3, 0.4) is 0 Å². The van der Waals surface area contributed by atoms with Gasteiger partial charge in [-0.3, -0.25) is 9.63 Å². The molecular formula is C29H21NO4S. The third kappa shape index (κ3) is 4.33. The number of carboxylic acids is 1. The van der Waals surface area contributed by atoms with Crippen molar-refractivity contribution in [1.82, 2.24) is 5.48 Å². The molecule has 35 heavy (non-hydrogen) atoms. The topological polar surface area (TPSA) is 75.6 Å². The first-order valence-corrected chi connectivity index (χ1v) is 11.8. The molecule has 0 atom stereocenters. The zero-order chi connectivity index (χ0) is 24.3. The van der Waals surface area contributed by atoms with Gasteiger partial charge in [0.05, 0.1) is 10.4 Å². The second kappa shape index (κ2) is 9.54. The molecule has 0 aliphatic heterocycles. The summed E-state index contributed by atoms with van der Waals surface area (Å²) in [6, 6.07) is 35.8. The van der Waals surface area contributed by atoms with Crippen molar-refractivity contribution < 1.29 is 19.5 Å². The number of hydrogen-bond acceptors (Lipinski definition) is 4. The summed E-state index contributed by atoms with van der Waals surface area (Å²) in [6.45, 7) is 0. The van der Waals surface area contributed by atoms with Gasteiger partial charge in [-0.15, -0.1) is 11.3 Å². The molecule has 5 rings (SSSR count). The average Bonchev–Trinajstić information content (AvgIpc) is 3.34. The van der Waals surface area contributed by atoms with Crippen molar-refractivity contribution in [2.75, 3.05) is 0 Å². The third-order valence-electron chi connectivity index (χ3n) is 5.83. The standard InChI is InChI=1S/C29H21NO4S/c31-27(26-18-20-16-17-21(28(32)33)19-25(20)35-26)30-34-29(22-10-4-1-5-11-22,23-12-6-2-7-13-23)24-14-8-3-9-15-24/h1-19H,(H,30,31)(H,32,33). The molecule has 4 aromatic carbocycles. The normalized spacial score (nSPS) is 11.3. The SMILES string of the molecule is O=C(O)c1ccc2cc(C(=O)NOC(c3ccccc3)(c3ccccc3)c3ccccc3)sc2c1. The van der Waals surface area contributed by atoms with Crippen molar-refractivity contribution in [3.05, 3.63) is 142 Å². The van der Waals surface area contributed by atoms with Crippen LogP contribution < -0.4 is 5.48 Å². The maximum absolute atomic E-state index is 13.2. The molecule has 0 spiro atoms. The summed E-state index contributed by atoms with van der Waals surface area (Å²) in [6.07, 6.45) is 0. The zero-order valence-electron chi connectivity index (χ0n) is 18.5. The number of carbonyl (C=O) groups excluding carboxylic acids is 1. The van der Waals surface area contributed by atoms with E-state index in [-0.39, 0.29) is 5.56 Å². The number of hydrogen-bond donors (Lipinski definition) is 2. The van der Waals surface area contributed by atoms with Crippen LogP contribution in [-0.4, -0.2) is 17.0 Å². The van der Waals surface area contributed by atoms with Gasteiger partial charge in [0.1, 0.15) is 0 Å². The van der Waals surface area contributed by atoms with Gasteiger partial charge in [0.15, 0.2) is 5.60 Å². The number of amides is 1. The lowest BCUT2D eigenvalue weighted by Gasteiger charge is -2.34. The number of benzene rings is 4. The number of rotatable bonds is 7. The van der Waals surface area contributed by atoms with Crippen molar-refractivity contribution in [2.24, 2.45) is 0 Å². The fraction of sp³-hybridized carbons (Fsp3) is 0.0345. The largest absolute Gasteiger partial charge is 0.478 e. The van der Waals surface area contributed by atoms with Crippen molar-refractivity contribution in [2.45, 2.75) is 5.60 Å². The van der Waals surface area contributed by atoms with Gasteiger partial charge in [-0.2, -0.15) is 0 Å². The summed E-state index contributed by atoms with van der Waals surface area (Å²) >= 11 is 1.22. The summed E-state index contributed by atoms with van der Waals surface area (Å²) in [7, 11) is 0. The molecule has 5 aromatic rings. The highest BCUT2D eigenvalue weighted by molar-refractivity contribution is 7.20. The van der Waals surface area contributed by atoms with Gasteiger partial charge >= 0.3 is 5.97 Å². The minimum absolute atomic E-state index is 0.179. The molecule has 0 bridgehead atoms. The van der Waals surface area contributed by atoms with E-state index in [1.165, 1.54) is 17.4 Å². The summed E-state index contributed by atoms with van der Waals surface area (Å²) in [5.74, 6) is -1.41. The van der Waals surface area contributed by atoms with Gasteiger partial charge in [-0.05, 0) is 40.3 Å². The Morgan fingerprint density at radius 3 is 1.71 bits per heavy atom. The fourth-order valence-electron chi connectivity index (χ4n) is 4.14. The minimum Gasteiger partial charge on any atom is -0.478 e. The lowest BCUT2D eigenvalue weighted by molar-refractivity contribution is -0.0472. The zero-order valence-corrected chi connectivity index (χ0v) is 19.4. The summed E-state index contributed by atoms with van der Waals surface area (Å²) < 4.78 is 0.718. The van der Waals surface area contributed by atoms with Crippen LogP contribution >= 0.6 is 11.3 Å². The quantitative estimate of drug-likeness (QED) is 0.214. The highest BCUT2D eigenvalue weighted by atomic mass is 32.1. The summed E-state index contributed by atoms with van der Waals surface area (Å²) in [4.78, 5) is 31.3. The molecule has 0 saturated heterocycles. The first-order valence-electron chi connectivity index (χ1n) is 11.0. The molecule has 0 saturated carbocycles. The van der Waals surface area contributed by atoms with E-state index in [2.05, 4.69) is 5.48 Å². The Bertz CT molecular complexity index is 1380. The van der Waals surface area contributed by atoms with E-state index in [0.29, 0.717) is 4.88 Å². The average molecular weight is 480 g/mol. The molecular weight excluding hydrogens is 458 g/mol. The third-order valence-corrected chi connectivity index (χ3v) is 6.93. The molecule has 1 heterocycles. The van der Waals surface area contributed by atoms with Gasteiger partial charge in [0, 0.05) is 4.70 Å². The number of nitrogens with one attached hydrogen (secondary N) is 1. The number of hydroxylamine groups is 1. The molecule has 1 aromatic heterocycles. The molecule has 0 aliphatic rings. The van der Waals surface area contributed by atoms with Crippen LogP contribution in [0.2, 0.25) is 0 Å². The van der Waals surface area contributed by atoms with E-state index in [0.717, 1.165) is 26.8 Å². The van der Waals surface area contributed by atoms with Gasteiger partial charge in [0.2, 0.25) is 0 Å². The number of fused-ring (bicyclic) bond motifs is 1. The Morgan fingerprint density at radius 1 is 0.714 bits per heavy atom. The lowest BCUT2D eigenvalue weighted by atomic mass is 9.80. The first kappa shape index (κ1) is 22.5. The Hall–Kier alpha value is -4.26. The van der Waals surface area contributed by atoms with Crippen LogP contribution in [0.4, 0.5) is 0 Å². The van der Waals surface area contributed by atoms with Crippen LogP contribution in [0.5, 0.6) is 0 Å². The first-order chi connectivity index (χ1) is 17.1. The minimum atomic E-state index is -1.09. The van der Waals surface area contributed by atoms with Crippen LogP contribution in [-0.2, 0) is 10.4 Å². The maximum Gasteiger partial charge on any atom is 0.335 e. The molecule has 2 N–H and O–H groups in total. The van der Waals surface area contributed by atoms with Gasteiger partial charge in [0.25, 0.3) is 5.91 Å². The van der Waals surface area contributed by atoms with E-state index in [1.54, 1.807) is 18.2 Å². The van der Waals surface area contributed by atoms with E-state index >= 15 is 0 Å². The molecule has 0 fully saturated rings. The van der Waals surface area contributed by atoms with E-state index < -0.39 is 17.5 Å². The number of aromatic carboxylic acids is 1. The van der Waals surface area contributed by atoms with Crippen LogP contribution in [0.25, 0.3) is 10.1 Å². The molecule has 6 heteroatoms. The highest BCUT2D eigenvalue weighted by Crippen LogP contribution is 2.40. The van der Waals surface area contributed by atoms with Gasteiger partial charge < -0.3 is 5.11 Å². The molecule has 0 unspecified atom stereocenters. The molecule has 0 aliphatic carbocycles. The van der Waals surface area contributed by atoms with Crippen molar-refractivity contribution in [1.29, 1.82) is 0 Å². The number of carboxylic acid groups (broad SMARTS) is 1. The second-order valence-corrected chi connectivity index (χ2v) is 9.06. The molecule has 5 nitrogen and oxygen atoms in total. The van der Waals surface area contributed by atoms with E-state index in [4.69, 9.17) is 4.84 Å². The lowest BCUT2D eigenvalue weighted by Crippen LogP contribution is -2.40. The number of carbonyl (C=O) groups is 2. The predicted octanol–water partition coefficient (Wildman–Crippen LogP) is 6.25. The molecule has 1 amide bonds. The Morgan fingerprint density at radius 2 is 1.23 bits per heavy atom. The Balaban J connectivity index is 1.55. The van der Waals surface area contributed by atoms with Gasteiger partial charge in [-0.1, -0.05) is 97.1 Å². The maximum atomic E-state index is 13.2. The highest BCUT2D eigenvalue weighted by Gasteiger charge is 2.39. The van der Waals surface area contributed by atoms with Crippen molar-refractivity contribution >= 4 is 33.3 Å². The summed E-state index contributed by atoms with van der Waals surface area (Å²) in [5, 5.41) is 10.1. The molecule has 0 radical (unpaired) electrons. The van der Waals surface area contributed by atoms with Crippen LogP contribution in [0, 0.1) is 0 Å². The summed E-state index contributed by atoms with van der Waals surface area (Å²) in [5.41, 5.74) is 4.36. The van der Waals surface area contributed by atoms with E-state index in [1.807, 2.05) is 91.0 Å². The predicted molar refractivity (Wildman–Crippen MR) is 137 cm³/mol. The number of thiophene rings is 1. The smallest absolute Gasteiger partial charge is 0.335 e. The Labute approximate surface area is 206 Å². The monoisotopic (exact) mass is 479 g/mol. The second-order valence-electron chi connectivity index (χ2n) is 7.98. The van der Waals surface area contributed by atoms with E-state index in [9.17, 15) is 14.7 Å². The van der Waals surface area contributed by atoms with Crippen molar-refractivity contribution in [3.8, 4) is 0 Å². The van der Waals surface area contributed by atoms with Crippen LogP contribution in [0.15, 0.2) is 115 Å².